The number of rotatable bonds is 4. The third-order valence-corrected chi connectivity index (χ3v) is 5.37. The number of anilines is 1. The van der Waals surface area contributed by atoms with Gasteiger partial charge in [-0.1, -0.05) is 12.1 Å². The number of methoxy groups -OCH3 is 1. The summed E-state index contributed by atoms with van der Waals surface area (Å²) in [5.74, 6) is 0.119. The van der Waals surface area contributed by atoms with Crippen molar-refractivity contribution in [3.63, 3.8) is 0 Å². The Hall–Kier alpha value is -3.40. The molecule has 0 fully saturated rings. The number of pyridine rings is 1. The smallest absolute Gasteiger partial charge is 0.416 e. The summed E-state index contributed by atoms with van der Waals surface area (Å²) in [6, 6.07) is 11.6. The maximum absolute atomic E-state index is 12.9. The van der Waals surface area contributed by atoms with E-state index in [4.69, 9.17) is 4.74 Å². The van der Waals surface area contributed by atoms with Crippen LogP contribution in [0.1, 0.15) is 20.1 Å². The lowest BCUT2D eigenvalue weighted by Crippen LogP contribution is -2.11. The van der Waals surface area contributed by atoms with Crippen molar-refractivity contribution in [2.24, 2.45) is 0 Å². The number of benzene rings is 1. The van der Waals surface area contributed by atoms with Crippen LogP contribution in [-0.4, -0.2) is 27.6 Å². The number of carbonyl (C=O) groups excluding carboxylic acids is 1. The normalized spacial score (nSPS) is 11.6. The van der Waals surface area contributed by atoms with E-state index >= 15 is 0 Å². The molecule has 0 aliphatic heterocycles. The molecule has 0 radical (unpaired) electrons. The number of ether oxygens (including phenoxy) is 1. The number of amides is 1. The molecular weight excluding hydrogens is 417 g/mol. The summed E-state index contributed by atoms with van der Waals surface area (Å²) >= 11 is 1.34. The predicted octanol–water partition coefficient (Wildman–Crippen LogP) is 5.05. The number of alkyl halides is 3. The zero-order valence-corrected chi connectivity index (χ0v) is 16.6. The SMILES string of the molecule is COc1ccc(-c2ccc(C(F)(F)F)cc2)n2nc(NC(=O)c3ccc(C)s3)nc12. The summed E-state index contributed by atoms with van der Waals surface area (Å²) in [6.45, 7) is 1.89. The molecule has 0 atom stereocenters. The third-order valence-electron chi connectivity index (χ3n) is 4.37. The van der Waals surface area contributed by atoms with Gasteiger partial charge in [-0.15, -0.1) is 16.4 Å². The van der Waals surface area contributed by atoms with E-state index in [9.17, 15) is 18.0 Å². The standard InChI is InChI=1S/C20H15F3N4O2S/c1-11-3-10-16(30-11)18(28)25-19-24-17-15(29-2)9-8-14(27(17)26-19)12-4-6-13(7-5-12)20(21,22)23/h3-10H,1-2H3,(H,25,26,28). The van der Waals surface area contributed by atoms with Crippen LogP contribution in [0.25, 0.3) is 16.9 Å². The lowest BCUT2D eigenvalue weighted by Gasteiger charge is -2.09. The fourth-order valence-electron chi connectivity index (χ4n) is 2.92. The molecule has 0 saturated carbocycles. The molecule has 4 aromatic rings. The van der Waals surface area contributed by atoms with E-state index in [0.29, 0.717) is 27.5 Å². The Labute approximate surface area is 172 Å². The highest BCUT2D eigenvalue weighted by molar-refractivity contribution is 7.14. The van der Waals surface area contributed by atoms with E-state index < -0.39 is 11.7 Å². The summed E-state index contributed by atoms with van der Waals surface area (Å²) in [5, 5.41) is 6.96. The van der Waals surface area contributed by atoms with Crippen molar-refractivity contribution in [3.05, 3.63) is 63.8 Å². The van der Waals surface area contributed by atoms with Gasteiger partial charge in [-0.2, -0.15) is 18.2 Å². The average Bonchev–Trinajstić information content (AvgIpc) is 3.33. The quantitative estimate of drug-likeness (QED) is 0.490. The number of nitrogens with zero attached hydrogens (tertiary/aromatic N) is 3. The van der Waals surface area contributed by atoms with Gasteiger partial charge in [-0.3, -0.25) is 10.1 Å². The second-order valence-corrected chi connectivity index (χ2v) is 7.69. The van der Waals surface area contributed by atoms with Crippen molar-refractivity contribution < 1.29 is 22.7 Å². The summed E-state index contributed by atoms with van der Waals surface area (Å²) in [7, 11) is 1.47. The highest BCUT2D eigenvalue weighted by atomic mass is 32.1. The maximum atomic E-state index is 12.9. The zero-order valence-electron chi connectivity index (χ0n) is 15.8. The maximum Gasteiger partial charge on any atom is 0.416 e. The Kier molecular flexibility index (Phi) is 4.94. The van der Waals surface area contributed by atoms with Crippen LogP contribution >= 0.6 is 11.3 Å². The van der Waals surface area contributed by atoms with Crippen LogP contribution in [0.3, 0.4) is 0 Å². The van der Waals surface area contributed by atoms with Gasteiger partial charge in [0.15, 0.2) is 11.4 Å². The second-order valence-electron chi connectivity index (χ2n) is 6.40. The summed E-state index contributed by atoms with van der Waals surface area (Å²) < 4.78 is 45.3. The summed E-state index contributed by atoms with van der Waals surface area (Å²) in [5.41, 5.74) is 0.591. The molecule has 154 valence electrons. The number of carbonyl (C=O) groups is 1. The van der Waals surface area contributed by atoms with Crippen molar-refractivity contribution in [3.8, 4) is 17.0 Å². The monoisotopic (exact) mass is 432 g/mol. The number of nitrogens with one attached hydrogen (secondary N) is 1. The number of aromatic nitrogens is 3. The number of hydrogen-bond donors (Lipinski definition) is 1. The third kappa shape index (κ3) is 3.73. The molecular formula is C20H15F3N4O2S. The van der Waals surface area contributed by atoms with Crippen LogP contribution in [0.15, 0.2) is 48.5 Å². The molecule has 10 heteroatoms. The molecule has 1 N–H and O–H groups in total. The van der Waals surface area contributed by atoms with E-state index in [-0.39, 0.29) is 11.9 Å². The number of hydrogen-bond acceptors (Lipinski definition) is 5. The predicted molar refractivity (Wildman–Crippen MR) is 107 cm³/mol. The van der Waals surface area contributed by atoms with E-state index in [2.05, 4.69) is 15.4 Å². The first-order valence-electron chi connectivity index (χ1n) is 8.75. The largest absolute Gasteiger partial charge is 0.493 e. The van der Waals surface area contributed by atoms with Crippen LogP contribution < -0.4 is 10.1 Å². The first-order chi connectivity index (χ1) is 14.3. The fourth-order valence-corrected chi connectivity index (χ4v) is 3.68. The van der Waals surface area contributed by atoms with Crippen LogP contribution in [0.5, 0.6) is 5.75 Å². The van der Waals surface area contributed by atoms with E-state index in [1.165, 1.54) is 35.1 Å². The van der Waals surface area contributed by atoms with Gasteiger partial charge in [0.1, 0.15) is 0 Å². The molecule has 0 aliphatic rings. The minimum atomic E-state index is -4.42. The topological polar surface area (TPSA) is 68.5 Å². The van der Waals surface area contributed by atoms with Crippen molar-refractivity contribution in [2.75, 3.05) is 12.4 Å². The van der Waals surface area contributed by atoms with Gasteiger partial charge in [-0.25, -0.2) is 4.52 Å². The molecule has 30 heavy (non-hydrogen) atoms. The first kappa shape index (κ1) is 19.9. The molecule has 1 aromatic carbocycles. The van der Waals surface area contributed by atoms with E-state index in [1.54, 1.807) is 18.2 Å². The number of halogens is 3. The average molecular weight is 432 g/mol. The Balaban J connectivity index is 1.73. The molecule has 3 aromatic heterocycles. The number of aryl methyl sites for hydroxylation is 1. The molecule has 3 heterocycles. The Morgan fingerprint density at radius 3 is 2.43 bits per heavy atom. The van der Waals surface area contributed by atoms with Crippen molar-refractivity contribution >= 4 is 28.8 Å². The van der Waals surface area contributed by atoms with Gasteiger partial charge < -0.3 is 4.74 Å². The molecule has 1 amide bonds. The fraction of sp³-hybridized carbons (Fsp3) is 0.150. The number of fused-ring (bicyclic) bond motifs is 1. The van der Waals surface area contributed by atoms with Gasteiger partial charge >= 0.3 is 6.18 Å². The highest BCUT2D eigenvalue weighted by Crippen LogP contribution is 2.32. The number of thiophene rings is 1. The molecule has 0 aliphatic carbocycles. The molecule has 0 bridgehead atoms. The van der Waals surface area contributed by atoms with Gasteiger partial charge in [0.25, 0.3) is 5.91 Å². The van der Waals surface area contributed by atoms with Crippen LogP contribution in [0.2, 0.25) is 0 Å². The molecule has 4 rings (SSSR count). The Morgan fingerprint density at radius 2 is 1.83 bits per heavy atom. The molecule has 0 unspecified atom stereocenters. The van der Waals surface area contributed by atoms with Gasteiger partial charge in [0, 0.05) is 10.4 Å². The van der Waals surface area contributed by atoms with E-state index in [1.807, 2.05) is 13.0 Å². The van der Waals surface area contributed by atoms with Crippen LogP contribution in [-0.2, 0) is 6.18 Å². The zero-order chi connectivity index (χ0) is 21.5. The highest BCUT2D eigenvalue weighted by Gasteiger charge is 2.30. The second kappa shape index (κ2) is 7.45. The summed E-state index contributed by atoms with van der Waals surface area (Å²) in [4.78, 5) is 18.2. The minimum absolute atomic E-state index is 0.0590. The van der Waals surface area contributed by atoms with Gasteiger partial charge in [0.05, 0.1) is 23.2 Å². The van der Waals surface area contributed by atoms with Crippen LogP contribution in [0.4, 0.5) is 19.1 Å². The summed E-state index contributed by atoms with van der Waals surface area (Å²) in [6.07, 6.45) is -4.42. The Morgan fingerprint density at radius 1 is 1.10 bits per heavy atom. The van der Waals surface area contributed by atoms with Crippen molar-refractivity contribution in [1.29, 1.82) is 0 Å². The Bertz CT molecular complexity index is 1230. The van der Waals surface area contributed by atoms with Gasteiger partial charge in [0.2, 0.25) is 5.95 Å². The van der Waals surface area contributed by atoms with E-state index in [0.717, 1.165) is 17.0 Å². The molecule has 0 saturated heterocycles. The van der Waals surface area contributed by atoms with Crippen molar-refractivity contribution in [2.45, 2.75) is 13.1 Å². The molecule has 6 nitrogen and oxygen atoms in total. The minimum Gasteiger partial charge on any atom is -0.493 e. The van der Waals surface area contributed by atoms with Gasteiger partial charge in [-0.05, 0) is 43.3 Å². The lowest BCUT2D eigenvalue weighted by atomic mass is 10.1. The van der Waals surface area contributed by atoms with Crippen LogP contribution in [0, 0.1) is 6.92 Å². The van der Waals surface area contributed by atoms with Crippen molar-refractivity contribution in [1.82, 2.24) is 14.6 Å². The first-order valence-corrected chi connectivity index (χ1v) is 9.57. The molecule has 0 spiro atoms. The lowest BCUT2D eigenvalue weighted by molar-refractivity contribution is -0.137.